The smallest absolute Gasteiger partial charge is 0.269 e. The highest BCUT2D eigenvalue weighted by Crippen LogP contribution is 2.24. The van der Waals surface area contributed by atoms with Crippen LogP contribution in [0.4, 0.5) is 5.69 Å². The molecule has 0 radical (unpaired) electrons. The highest BCUT2D eigenvalue weighted by Gasteiger charge is 2.30. The van der Waals surface area contributed by atoms with Crippen molar-refractivity contribution >= 4 is 11.6 Å². The Morgan fingerprint density at radius 2 is 1.82 bits per heavy atom. The number of benzene rings is 1. The lowest BCUT2D eigenvalue weighted by atomic mass is 9.95. The number of amides is 1. The number of carbonyl (C=O) groups excluding carboxylic acids is 1. The zero-order valence-corrected chi connectivity index (χ0v) is 16.3. The summed E-state index contributed by atoms with van der Waals surface area (Å²) < 4.78 is 1.49. The van der Waals surface area contributed by atoms with Gasteiger partial charge in [-0.05, 0) is 37.7 Å². The van der Waals surface area contributed by atoms with E-state index in [1.165, 1.54) is 11.1 Å². The third kappa shape index (κ3) is 4.26. The number of rotatable bonds is 4. The Bertz CT molecular complexity index is 858. The molecule has 6 heteroatoms. The molecule has 1 aromatic carbocycles. The molecule has 2 aromatic rings. The second-order valence-electron chi connectivity index (χ2n) is 7.87. The molecular weight excluding hydrogens is 352 g/mol. The van der Waals surface area contributed by atoms with Gasteiger partial charge in [-0.15, -0.1) is 0 Å². The summed E-state index contributed by atoms with van der Waals surface area (Å²) >= 11 is 0. The number of anilines is 1. The van der Waals surface area contributed by atoms with Gasteiger partial charge in [-0.1, -0.05) is 30.3 Å². The molecule has 0 bridgehead atoms. The van der Waals surface area contributed by atoms with Crippen molar-refractivity contribution in [3.8, 4) is 0 Å². The molecule has 1 atom stereocenters. The van der Waals surface area contributed by atoms with Crippen molar-refractivity contribution in [1.82, 2.24) is 14.7 Å². The van der Waals surface area contributed by atoms with Gasteiger partial charge in [0.2, 0.25) is 5.91 Å². The van der Waals surface area contributed by atoms with Crippen LogP contribution in [0.5, 0.6) is 0 Å². The second-order valence-corrected chi connectivity index (χ2v) is 7.87. The summed E-state index contributed by atoms with van der Waals surface area (Å²) in [5.74, 6) is 0.313. The maximum absolute atomic E-state index is 12.9. The van der Waals surface area contributed by atoms with Gasteiger partial charge in [0, 0.05) is 32.2 Å². The minimum atomic E-state index is -0.106. The molecule has 2 fully saturated rings. The van der Waals surface area contributed by atoms with Gasteiger partial charge < -0.3 is 9.80 Å². The SMILES string of the molecule is O=C(C1CCCN(c2cnn(Cc3ccccc3)c(=O)c2)C1)N1CCCCC1. The van der Waals surface area contributed by atoms with Crippen molar-refractivity contribution in [2.24, 2.45) is 5.92 Å². The molecule has 2 saturated heterocycles. The molecule has 2 aliphatic heterocycles. The molecule has 0 aliphatic carbocycles. The third-order valence-electron chi connectivity index (χ3n) is 5.83. The molecule has 4 rings (SSSR count). The van der Waals surface area contributed by atoms with E-state index >= 15 is 0 Å². The molecule has 6 nitrogen and oxygen atoms in total. The van der Waals surface area contributed by atoms with E-state index in [1.807, 2.05) is 35.2 Å². The summed E-state index contributed by atoms with van der Waals surface area (Å²) in [6.07, 6.45) is 7.13. The molecule has 28 heavy (non-hydrogen) atoms. The number of hydrogen-bond acceptors (Lipinski definition) is 4. The molecule has 148 valence electrons. The summed E-state index contributed by atoms with van der Waals surface area (Å²) in [7, 11) is 0. The van der Waals surface area contributed by atoms with E-state index in [2.05, 4.69) is 10.00 Å². The lowest BCUT2D eigenvalue weighted by Gasteiger charge is -2.37. The Labute approximate surface area is 165 Å². The summed E-state index contributed by atoms with van der Waals surface area (Å²) in [5.41, 5.74) is 1.77. The minimum Gasteiger partial charge on any atom is -0.369 e. The van der Waals surface area contributed by atoms with Crippen molar-refractivity contribution < 1.29 is 4.79 Å². The van der Waals surface area contributed by atoms with E-state index in [4.69, 9.17) is 0 Å². The molecule has 1 aromatic heterocycles. The second kappa shape index (κ2) is 8.59. The van der Waals surface area contributed by atoms with Gasteiger partial charge in [0.15, 0.2) is 0 Å². The van der Waals surface area contributed by atoms with Crippen LogP contribution in [0.1, 0.15) is 37.7 Å². The number of hydrogen-bond donors (Lipinski definition) is 0. The number of nitrogens with zero attached hydrogens (tertiary/aromatic N) is 4. The molecule has 1 amide bonds. The van der Waals surface area contributed by atoms with Crippen molar-refractivity contribution in [1.29, 1.82) is 0 Å². The Morgan fingerprint density at radius 1 is 1.04 bits per heavy atom. The highest BCUT2D eigenvalue weighted by atomic mass is 16.2. The minimum absolute atomic E-state index is 0.0265. The fraction of sp³-hybridized carbons (Fsp3) is 0.500. The molecule has 1 unspecified atom stereocenters. The number of likely N-dealkylation sites (tertiary alicyclic amines) is 1. The monoisotopic (exact) mass is 380 g/mol. The topological polar surface area (TPSA) is 58.4 Å². The van der Waals surface area contributed by atoms with Crippen molar-refractivity contribution in [3.05, 3.63) is 58.5 Å². The van der Waals surface area contributed by atoms with Crippen LogP contribution in [0, 0.1) is 5.92 Å². The van der Waals surface area contributed by atoms with E-state index < -0.39 is 0 Å². The fourth-order valence-electron chi connectivity index (χ4n) is 4.26. The van der Waals surface area contributed by atoms with Gasteiger partial charge in [0.1, 0.15) is 0 Å². The average Bonchev–Trinajstić information content (AvgIpc) is 2.76. The molecule has 3 heterocycles. The molecular formula is C22H28N4O2. The van der Waals surface area contributed by atoms with Crippen molar-refractivity contribution in [2.45, 2.75) is 38.6 Å². The number of carbonyl (C=O) groups is 1. The average molecular weight is 380 g/mol. The largest absolute Gasteiger partial charge is 0.369 e. The van der Waals surface area contributed by atoms with Crippen LogP contribution in [0.25, 0.3) is 0 Å². The zero-order chi connectivity index (χ0) is 19.3. The summed E-state index contributed by atoms with van der Waals surface area (Å²) in [4.78, 5) is 29.6. The van der Waals surface area contributed by atoms with E-state index in [1.54, 1.807) is 12.3 Å². The Kier molecular flexibility index (Phi) is 5.74. The first kappa shape index (κ1) is 18.7. The molecule has 0 spiro atoms. The first-order chi connectivity index (χ1) is 13.7. The van der Waals surface area contributed by atoms with Crippen LogP contribution >= 0.6 is 0 Å². The highest BCUT2D eigenvalue weighted by molar-refractivity contribution is 5.80. The zero-order valence-electron chi connectivity index (χ0n) is 16.3. The maximum atomic E-state index is 12.9. The van der Waals surface area contributed by atoms with Crippen LogP contribution in [0.3, 0.4) is 0 Å². The van der Waals surface area contributed by atoms with E-state index in [0.717, 1.165) is 56.6 Å². The van der Waals surface area contributed by atoms with Crippen LogP contribution in [0.15, 0.2) is 47.4 Å². The van der Waals surface area contributed by atoms with E-state index in [9.17, 15) is 9.59 Å². The summed E-state index contributed by atoms with van der Waals surface area (Å²) in [6.45, 7) is 3.81. The number of aromatic nitrogens is 2. The molecule has 0 saturated carbocycles. The Balaban J connectivity index is 1.44. The fourth-order valence-corrected chi connectivity index (χ4v) is 4.26. The van der Waals surface area contributed by atoms with Gasteiger partial charge in [-0.25, -0.2) is 4.68 Å². The van der Waals surface area contributed by atoms with Gasteiger partial charge in [0.25, 0.3) is 5.56 Å². The van der Waals surface area contributed by atoms with Gasteiger partial charge >= 0.3 is 0 Å². The maximum Gasteiger partial charge on any atom is 0.269 e. The first-order valence-electron chi connectivity index (χ1n) is 10.4. The van der Waals surface area contributed by atoms with Gasteiger partial charge in [0.05, 0.1) is 24.3 Å². The van der Waals surface area contributed by atoms with Crippen LogP contribution in [-0.4, -0.2) is 46.8 Å². The Morgan fingerprint density at radius 3 is 2.57 bits per heavy atom. The summed E-state index contributed by atoms with van der Waals surface area (Å²) in [5, 5.41) is 4.38. The standard InChI is InChI=1S/C22H28N4O2/c27-21-14-20(15-23-26(21)16-18-8-3-1-4-9-18)25-13-7-10-19(17-25)22(28)24-11-5-2-6-12-24/h1,3-4,8-9,14-15,19H,2,5-7,10-13,16-17H2. The van der Waals surface area contributed by atoms with Crippen molar-refractivity contribution in [2.75, 3.05) is 31.1 Å². The normalized spacial score (nSPS) is 20.2. The van der Waals surface area contributed by atoms with Crippen LogP contribution in [-0.2, 0) is 11.3 Å². The van der Waals surface area contributed by atoms with Gasteiger partial charge in [-0.2, -0.15) is 5.10 Å². The lowest BCUT2D eigenvalue weighted by Crippen LogP contribution is -2.46. The van der Waals surface area contributed by atoms with Crippen LogP contribution in [0.2, 0.25) is 0 Å². The predicted molar refractivity (Wildman–Crippen MR) is 109 cm³/mol. The predicted octanol–water partition coefficient (Wildman–Crippen LogP) is 2.52. The first-order valence-corrected chi connectivity index (χ1v) is 10.4. The quantitative estimate of drug-likeness (QED) is 0.818. The van der Waals surface area contributed by atoms with E-state index in [-0.39, 0.29) is 17.4 Å². The molecule has 2 aliphatic rings. The van der Waals surface area contributed by atoms with E-state index in [0.29, 0.717) is 13.1 Å². The summed E-state index contributed by atoms with van der Waals surface area (Å²) in [6, 6.07) is 11.5. The lowest BCUT2D eigenvalue weighted by molar-refractivity contribution is -0.136. The number of piperidine rings is 2. The van der Waals surface area contributed by atoms with Crippen molar-refractivity contribution in [3.63, 3.8) is 0 Å². The third-order valence-corrected chi connectivity index (χ3v) is 5.83. The van der Waals surface area contributed by atoms with Gasteiger partial charge in [-0.3, -0.25) is 9.59 Å². The Hall–Kier alpha value is -2.63. The molecule has 0 N–H and O–H groups in total. The van der Waals surface area contributed by atoms with Crippen LogP contribution < -0.4 is 10.5 Å².